The lowest BCUT2D eigenvalue weighted by molar-refractivity contribution is -0.384. The molecule has 1 heterocycles. The number of esters is 1. The van der Waals surface area contributed by atoms with Gasteiger partial charge in [0, 0.05) is 18.1 Å². The number of carbonyl (C=O) groups is 1. The van der Waals surface area contributed by atoms with Crippen LogP contribution in [0.1, 0.15) is 39.9 Å². The molecule has 2 aliphatic rings. The first-order valence-corrected chi connectivity index (χ1v) is 8.49. The molecule has 4 rings (SSSR count). The van der Waals surface area contributed by atoms with E-state index in [-0.39, 0.29) is 23.6 Å². The van der Waals surface area contributed by atoms with Gasteiger partial charge in [-0.3, -0.25) is 10.1 Å². The molecule has 6 nitrogen and oxygen atoms in total. The van der Waals surface area contributed by atoms with E-state index >= 15 is 0 Å². The summed E-state index contributed by atoms with van der Waals surface area (Å²) < 4.78 is 4.92. The van der Waals surface area contributed by atoms with Crippen molar-refractivity contribution in [3.63, 3.8) is 0 Å². The van der Waals surface area contributed by atoms with Gasteiger partial charge in [-0.1, -0.05) is 36.4 Å². The fraction of sp³-hybridized carbons (Fsp3) is 0.250. The van der Waals surface area contributed by atoms with Gasteiger partial charge in [0.05, 0.1) is 29.3 Å². The lowest BCUT2D eigenvalue weighted by atomic mass is 9.76. The minimum atomic E-state index is -0.400. The molecule has 0 saturated heterocycles. The van der Waals surface area contributed by atoms with Crippen LogP contribution < -0.4 is 5.32 Å². The maximum absolute atomic E-state index is 12.2. The number of nitro groups is 1. The summed E-state index contributed by atoms with van der Waals surface area (Å²) in [6.45, 7) is 0. The van der Waals surface area contributed by atoms with Crippen molar-refractivity contribution in [2.75, 3.05) is 12.4 Å². The molecule has 0 unspecified atom stereocenters. The minimum absolute atomic E-state index is 0.0332. The Balaban J connectivity index is 1.78. The average Bonchev–Trinajstić information content (AvgIpc) is 3.16. The normalized spacial score (nSPS) is 22.9. The van der Waals surface area contributed by atoms with Gasteiger partial charge in [0.25, 0.3) is 5.69 Å². The van der Waals surface area contributed by atoms with Crippen LogP contribution in [0.5, 0.6) is 0 Å². The molecule has 0 amide bonds. The number of methoxy groups -OCH3 is 1. The number of benzene rings is 2. The number of para-hydroxylation sites is 1. The largest absolute Gasteiger partial charge is 0.465 e. The van der Waals surface area contributed by atoms with E-state index < -0.39 is 4.92 Å². The highest BCUT2D eigenvalue weighted by molar-refractivity contribution is 5.97. The van der Waals surface area contributed by atoms with Crippen LogP contribution in [0.3, 0.4) is 0 Å². The molecule has 0 bridgehead atoms. The molecule has 2 aromatic rings. The lowest BCUT2D eigenvalue weighted by Crippen LogP contribution is -2.30. The zero-order valence-electron chi connectivity index (χ0n) is 14.2. The van der Waals surface area contributed by atoms with E-state index in [1.54, 1.807) is 18.2 Å². The van der Waals surface area contributed by atoms with Gasteiger partial charge in [0.15, 0.2) is 0 Å². The number of nitrogens with zero attached hydrogens (tertiary/aromatic N) is 1. The van der Waals surface area contributed by atoms with Crippen LogP contribution in [0, 0.1) is 16.0 Å². The van der Waals surface area contributed by atoms with Gasteiger partial charge in [0.1, 0.15) is 0 Å². The molecule has 6 heteroatoms. The highest BCUT2D eigenvalue weighted by Gasteiger charge is 2.39. The van der Waals surface area contributed by atoms with Crippen LogP contribution in [0.4, 0.5) is 11.4 Å². The Bertz CT molecular complexity index is 905. The van der Waals surface area contributed by atoms with E-state index in [4.69, 9.17) is 4.74 Å². The smallest absolute Gasteiger partial charge is 0.339 e. The van der Waals surface area contributed by atoms with Crippen LogP contribution in [-0.2, 0) is 4.74 Å². The molecule has 1 aliphatic carbocycles. The second kappa shape index (κ2) is 6.29. The van der Waals surface area contributed by atoms with Crippen molar-refractivity contribution in [1.29, 1.82) is 0 Å². The number of non-ortho nitro benzene ring substituents is 1. The molecule has 26 heavy (non-hydrogen) atoms. The standard InChI is InChI=1S/C20H18N2O4/c1-26-20(23)17-7-3-6-16-14-4-2-5-15(14)18(21-19(16)17)12-8-10-13(11-9-12)22(24)25/h2-4,6-11,14-15,18,21H,5H2,1H3/t14-,15+,18+/m0/s1. The summed E-state index contributed by atoms with van der Waals surface area (Å²) >= 11 is 0. The maximum atomic E-state index is 12.2. The second-order valence-corrected chi connectivity index (χ2v) is 6.59. The van der Waals surface area contributed by atoms with Crippen molar-refractivity contribution in [2.45, 2.75) is 18.4 Å². The summed E-state index contributed by atoms with van der Waals surface area (Å²) in [7, 11) is 1.37. The Kier molecular flexibility index (Phi) is 3.95. The van der Waals surface area contributed by atoms with Gasteiger partial charge in [-0.2, -0.15) is 0 Å². The van der Waals surface area contributed by atoms with Gasteiger partial charge in [-0.15, -0.1) is 0 Å². The Morgan fingerprint density at radius 2 is 2.00 bits per heavy atom. The third-order valence-electron chi connectivity index (χ3n) is 5.27. The minimum Gasteiger partial charge on any atom is -0.465 e. The van der Waals surface area contributed by atoms with Crippen molar-refractivity contribution in [2.24, 2.45) is 5.92 Å². The second-order valence-electron chi connectivity index (χ2n) is 6.59. The molecule has 0 fully saturated rings. The number of nitrogens with one attached hydrogen (secondary N) is 1. The Labute approximate surface area is 150 Å². The SMILES string of the molecule is COC(=O)c1cccc2c1N[C@H](c1ccc([N+](=O)[O-])cc1)[C@@H]1CC=C[C@H]21. The predicted octanol–water partition coefficient (Wildman–Crippen LogP) is 4.21. The van der Waals surface area contributed by atoms with Gasteiger partial charge in [-0.25, -0.2) is 4.79 Å². The molecule has 1 aliphatic heterocycles. The number of nitro benzene ring substituents is 1. The highest BCUT2D eigenvalue weighted by Crippen LogP contribution is 2.50. The Hall–Kier alpha value is -3.15. The van der Waals surface area contributed by atoms with Crippen LogP contribution >= 0.6 is 0 Å². The number of anilines is 1. The number of fused-ring (bicyclic) bond motifs is 3. The molecule has 3 atom stereocenters. The number of rotatable bonds is 3. The predicted molar refractivity (Wildman–Crippen MR) is 97.2 cm³/mol. The van der Waals surface area contributed by atoms with E-state index in [0.29, 0.717) is 11.5 Å². The summed E-state index contributed by atoms with van der Waals surface area (Å²) in [6.07, 6.45) is 5.26. The Morgan fingerprint density at radius 1 is 1.23 bits per heavy atom. The van der Waals surface area contributed by atoms with Crippen molar-refractivity contribution < 1.29 is 14.5 Å². The Morgan fingerprint density at radius 3 is 2.69 bits per heavy atom. The van der Waals surface area contributed by atoms with Crippen LogP contribution in [0.25, 0.3) is 0 Å². The number of ether oxygens (including phenoxy) is 1. The number of carbonyl (C=O) groups excluding carboxylic acids is 1. The fourth-order valence-corrected chi connectivity index (χ4v) is 4.03. The molecular weight excluding hydrogens is 332 g/mol. The van der Waals surface area contributed by atoms with Crippen molar-refractivity contribution in [1.82, 2.24) is 0 Å². The fourth-order valence-electron chi connectivity index (χ4n) is 4.03. The number of hydrogen-bond donors (Lipinski definition) is 1. The first-order valence-electron chi connectivity index (χ1n) is 8.49. The third kappa shape index (κ3) is 2.54. The molecule has 0 radical (unpaired) electrons. The monoisotopic (exact) mass is 350 g/mol. The van der Waals surface area contributed by atoms with Gasteiger partial charge in [-0.05, 0) is 29.5 Å². The first-order chi connectivity index (χ1) is 12.6. The summed E-state index contributed by atoms with van der Waals surface area (Å²) in [5.74, 6) is 0.130. The molecule has 0 spiro atoms. The first kappa shape index (κ1) is 16.3. The van der Waals surface area contributed by atoms with Crippen molar-refractivity contribution in [3.05, 3.63) is 81.4 Å². The zero-order valence-corrected chi connectivity index (χ0v) is 14.2. The van der Waals surface area contributed by atoms with Crippen LogP contribution in [0.2, 0.25) is 0 Å². The topological polar surface area (TPSA) is 81.5 Å². The zero-order chi connectivity index (χ0) is 18.3. The molecule has 1 N–H and O–H groups in total. The van der Waals surface area contributed by atoms with E-state index in [0.717, 1.165) is 23.2 Å². The number of allylic oxidation sites excluding steroid dienone is 2. The molecule has 0 saturated carbocycles. The average molecular weight is 350 g/mol. The van der Waals surface area contributed by atoms with E-state index in [9.17, 15) is 14.9 Å². The third-order valence-corrected chi connectivity index (χ3v) is 5.27. The summed E-state index contributed by atoms with van der Waals surface area (Å²) in [5.41, 5.74) is 3.43. The van der Waals surface area contributed by atoms with Crippen LogP contribution in [0.15, 0.2) is 54.6 Å². The number of hydrogen-bond acceptors (Lipinski definition) is 5. The summed E-state index contributed by atoms with van der Waals surface area (Å²) in [6, 6.07) is 12.3. The van der Waals surface area contributed by atoms with Gasteiger partial charge < -0.3 is 10.1 Å². The van der Waals surface area contributed by atoms with Crippen LogP contribution in [-0.4, -0.2) is 18.0 Å². The summed E-state index contributed by atoms with van der Waals surface area (Å²) in [5, 5.41) is 14.4. The maximum Gasteiger partial charge on any atom is 0.339 e. The lowest BCUT2D eigenvalue weighted by Gasteiger charge is -2.38. The van der Waals surface area contributed by atoms with Crippen molar-refractivity contribution >= 4 is 17.3 Å². The quantitative estimate of drug-likeness (QED) is 0.388. The van der Waals surface area contributed by atoms with E-state index in [1.807, 2.05) is 12.1 Å². The van der Waals surface area contributed by atoms with Gasteiger partial charge in [0.2, 0.25) is 0 Å². The molecule has 132 valence electrons. The highest BCUT2D eigenvalue weighted by atomic mass is 16.6. The van der Waals surface area contributed by atoms with Crippen molar-refractivity contribution in [3.8, 4) is 0 Å². The summed E-state index contributed by atoms with van der Waals surface area (Å²) in [4.78, 5) is 22.7. The van der Waals surface area contributed by atoms with Gasteiger partial charge >= 0.3 is 5.97 Å². The molecule has 2 aromatic carbocycles. The molecule has 0 aromatic heterocycles. The molecular formula is C20H18N2O4. The van der Waals surface area contributed by atoms with E-state index in [1.165, 1.54) is 19.2 Å². The van der Waals surface area contributed by atoms with E-state index in [2.05, 4.69) is 17.5 Å².